The normalized spacial score (nSPS) is 13.3. The van der Waals surface area contributed by atoms with Crippen LogP contribution in [0.2, 0.25) is 0 Å². The van der Waals surface area contributed by atoms with E-state index in [1.165, 1.54) is 12.1 Å². The number of nitrogens with one attached hydrogen (secondary N) is 1. The van der Waals surface area contributed by atoms with Gasteiger partial charge >= 0.3 is 11.9 Å². The highest BCUT2D eigenvalue weighted by Gasteiger charge is 2.26. The van der Waals surface area contributed by atoms with Crippen molar-refractivity contribution in [1.29, 1.82) is 0 Å². The summed E-state index contributed by atoms with van der Waals surface area (Å²) in [6.07, 6.45) is -1.73. The topological polar surface area (TPSA) is 135 Å². The molecule has 0 saturated heterocycles. The lowest BCUT2D eigenvalue weighted by molar-refractivity contribution is -0.143. The SMILES string of the molecule is CC(O)C(NCC(c1ccc(OC(=O)C(C)(C)C)cc1)c1ccc(OC(=O)C(C)(C)C)cc1)Oc1ccc(O)c(CO)c1. The monoisotopic (exact) mass is 593 g/mol. The first-order chi connectivity index (χ1) is 20.1. The predicted molar refractivity (Wildman–Crippen MR) is 163 cm³/mol. The summed E-state index contributed by atoms with van der Waals surface area (Å²) in [6, 6.07) is 18.9. The number of carbonyl (C=O) groups excluding carboxylic acids is 2. The highest BCUT2D eigenvalue weighted by atomic mass is 16.5. The first kappa shape index (κ1) is 33.6. The minimum atomic E-state index is -0.912. The highest BCUT2D eigenvalue weighted by molar-refractivity contribution is 5.78. The molecule has 3 aromatic carbocycles. The second kappa shape index (κ2) is 14.0. The first-order valence-electron chi connectivity index (χ1n) is 14.2. The zero-order valence-corrected chi connectivity index (χ0v) is 25.9. The summed E-state index contributed by atoms with van der Waals surface area (Å²) in [5.74, 6) is 0.256. The quantitative estimate of drug-likeness (QED) is 0.133. The molecule has 2 atom stereocenters. The first-order valence-corrected chi connectivity index (χ1v) is 14.2. The minimum Gasteiger partial charge on any atom is -0.508 e. The van der Waals surface area contributed by atoms with E-state index in [1.54, 1.807) is 78.8 Å². The molecule has 3 rings (SSSR count). The van der Waals surface area contributed by atoms with Crippen LogP contribution in [0.4, 0.5) is 0 Å². The molecule has 3 aromatic rings. The Balaban J connectivity index is 1.87. The zero-order valence-electron chi connectivity index (χ0n) is 25.9. The van der Waals surface area contributed by atoms with Gasteiger partial charge in [-0.2, -0.15) is 0 Å². The van der Waals surface area contributed by atoms with Gasteiger partial charge in [-0.3, -0.25) is 14.9 Å². The number of ether oxygens (including phenoxy) is 3. The van der Waals surface area contributed by atoms with Crippen LogP contribution in [0, 0.1) is 10.8 Å². The molecule has 0 saturated carbocycles. The maximum absolute atomic E-state index is 12.4. The van der Waals surface area contributed by atoms with Gasteiger partial charge in [-0.25, -0.2) is 0 Å². The Kier molecular flexibility index (Phi) is 11.0. The molecule has 4 N–H and O–H groups in total. The van der Waals surface area contributed by atoms with Crippen molar-refractivity contribution >= 4 is 11.9 Å². The molecule has 232 valence electrons. The summed E-state index contributed by atoms with van der Waals surface area (Å²) in [4.78, 5) is 24.7. The molecule has 9 heteroatoms. The second-order valence-corrected chi connectivity index (χ2v) is 12.6. The van der Waals surface area contributed by atoms with Gasteiger partial charge in [0.05, 0.1) is 17.4 Å². The van der Waals surface area contributed by atoms with Gasteiger partial charge in [0, 0.05) is 18.0 Å². The van der Waals surface area contributed by atoms with Crippen molar-refractivity contribution < 1.29 is 39.1 Å². The van der Waals surface area contributed by atoms with Crippen molar-refractivity contribution in [2.24, 2.45) is 10.8 Å². The maximum Gasteiger partial charge on any atom is 0.316 e. The Labute approximate surface area is 253 Å². The maximum atomic E-state index is 12.4. The Morgan fingerprint density at radius 2 is 1.21 bits per heavy atom. The average molecular weight is 594 g/mol. The highest BCUT2D eigenvalue weighted by Crippen LogP contribution is 2.30. The third-order valence-electron chi connectivity index (χ3n) is 6.66. The van der Waals surface area contributed by atoms with E-state index in [9.17, 15) is 24.9 Å². The molecule has 0 aliphatic rings. The smallest absolute Gasteiger partial charge is 0.316 e. The Hall–Kier alpha value is -3.92. The molecular formula is C34H43NO8. The molecule has 0 radical (unpaired) electrons. The molecule has 0 fully saturated rings. The van der Waals surface area contributed by atoms with Crippen molar-refractivity contribution in [3.05, 3.63) is 83.4 Å². The van der Waals surface area contributed by atoms with Crippen LogP contribution in [-0.4, -0.2) is 46.1 Å². The summed E-state index contributed by atoms with van der Waals surface area (Å²) >= 11 is 0. The van der Waals surface area contributed by atoms with Crippen LogP contribution in [-0.2, 0) is 16.2 Å². The summed E-state index contributed by atoms with van der Waals surface area (Å²) in [5, 5.41) is 33.2. The lowest BCUT2D eigenvalue weighted by Gasteiger charge is -2.27. The van der Waals surface area contributed by atoms with Crippen LogP contribution in [0.5, 0.6) is 23.0 Å². The van der Waals surface area contributed by atoms with Crippen LogP contribution in [0.3, 0.4) is 0 Å². The van der Waals surface area contributed by atoms with Crippen molar-refractivity contribution in [2.75, 3.05) is 6.54 Å². The number of hydrogen-bond acceptors (Lipinski definition) is 9. The number of hydrogen-bond donors (Lipinski definition) is 4. The van der Waals surface area contributed by atoms with E-state index in [0.717, 1.165) is 11.1 Å². The standard InChI is InChI=1S/C34H43NO8/c1-21(37)30(41-27-16-17-29(38)24(18-27)20-36)35-19-28(22-8-12-25(13-9-22)42-31(39)33(2,3)4)23-10-14-26(15-11-23)43-32(40)34(5,6)7/h8-18,21,28,30,35-38H,19-20H2,1-7H3. The van der Waals surface area contributed by atoms with Gasteiger partial charge in [-0.1, -0.05) is 24.3 Å². The fourth-order valence-electron chi connectivity index (χ4n) is 3.94. The zero-order chi connectivity index (χ0) is 31.9. The Bertz CT molecular complexity index is 1300. The number of aliphatic hydroxyl groups excluding tert-OH is 2. The average Bonchev–Trinajstić information content (AvgIpc) is 2.93. The third kappa shape index (κ3) is 9.54. The van der Waals surface area contributed by atoms with Crippen molar-refractivity contribution in [3.8, 4) is 23.0 Å². The van der Waals surface area contributed by atoms with Crippen LogP contribution in [0.1, 0.15) is 71.1 Å². The minimum absolute atomic E-state index is 0.0512. The molecule has 0 bridgehead atoms. The van der Waals surface area contributed by atoms with E-state index in [-0.39, 0.29) is 30.2 Å². The van der Waals surface area contributed by atoms with E-state index in [0.29, 0.717) is 29.4 Å². The van der Waals surface area contributed by atoms with Gasteiger partial charge in [-0.15, -0.1) is 0 Å². The Morgan fingerprint density at radius 1 is 0.767 bits per heavy atom. The molecule has 0 aromatic heterocycles. The number of esters is 2. The van der Waals surface area contributed by atoms with Crippen molar-refractivity contribution in [1.82, 2.24) is 5.32 Å². The molecule has 43 heavy (non-hydrogen) atoms. The van der Waals surface area contributed by atoms with Crippen LogP contribution in [0.15, 0.2) is 66.7 Å². The van der Waals surface area contributed by atoms with E-state index in [2.05, 4.69) is 5.32 Å². The van der Waals surface area contributed by atoms with E-state index < -0.39 is 23.2 Å². The predicted octanol–water partition coefficient (Wildman–Crippen LogP) is 5.29. The van der Waals surface area contributed by atoms with Crippen molar-refractivity contribution in [2.45, 2.75) is 73.3 Å². The number of rotatable bonds is 11. The molecule has 2 unspecified atom stereocenters. The number of phenols is 1. The molecular weight excluding hydrogens is 550 g/mol. The van der Waals surface area contributed by atoms with Gasteiger partial charge in [0.2, 0.25) is 0 Å². The van der Waals surface area contributed by atoms with Gasteiger partial charge in [0.25, 0.3) is 0 Å². The molecule has 0 amide bonds. The lowest BCUT2D eigenvalue weighted by Crippen LogP contribution is -2.44. The van der Waals surface area contributed by atoms with E-state index in [1.807, 2.05) is 24.3 Å². The van der Waals surface area contributed by atoms with Gasteiger partial charge in [0.15, 0.2) is 6.23 Å². The summed E-state index contributed by atoms with van der Waals surface area (Å²) in [7, 11) is 0. The number of aromatic hydroxyl groups is 1. The molecule has 0 aliphatic heterocycles. The third-order valence-corrected chi connectivity index (χ3v) is 6.66. The van der Waals surface area contributed by atoms with Gasteiger partial charge in [0.1, 0.15) is 29.1 Å². The van der Waals surface area contributed by atoms with Crippen LogP contribution in [0.25, 0.3) is 0 Å². The summed E-state index contributed by atoms with van der Waals surface area (Å²) in [6.45, 7) is 12.3. The van der Waals surface area contributed by atoms with E-state index >= 15 is 0 Å². The number of carbonyl (C=O) groups is 2. The Morgan fingerprint density at radius 3 is 1.60 bits per heavy atom. The fraction of sp³-hybridized carbons (Fsp3) is 0.412. The molecule has 0 heterocycles. The molecule has 9 nitrogen and oxygen atoms in total. The van der Waals surface area contributed by atoms with Gasteiger partial charge < -0.3 is 29.5 Å². The number of benzene rings is 3. The molecule has 0 aliphatic carbocycles. The van der Waals surface area contributed by atoms with Crippen LogP contribution >= 0.6 is 0 Å². The molecule has 0 spiro atoms. The number of aliphatic hydroxyl groups is 2. The summed E-state index contributed by atoms with van der Waals surface area (Å²) in [5.41, 5.74) is 0.820. The van der Waals surface area contributed by atoms with Gasteiger partial charge in [-0.05, 0) is 102 Å². The lowest BCUT2D eigenvalue weighted by atomic mass is 9.91. The summed E-state index contributed by atoms with van der Waals surface area (Å²) < 4.78 is 17.0. The van der Waals surface area contributed by atoms with Crippen molar-refractivity contribution in [3.63, 3.8) is 0 Å². The second-order valence-electron chi connectivity index (χ2n) is 12.6. The van der Waals surface area contributed by atoms with Crippen LogP contribution < -0.4 is 19.5 Å². The largest absolute Gasteiger partial charge is 0.508 e. The van der Waals surface area contributed by atoms with E-state index in [4.69, 9.17) is 14.2 Å². The fourth-order valence-corrected chi connectivity index (χ4v) is 3.94.